The fourth-order valence-corrected chi connectivity index (χ4v) is 6.37. The lowest BCUT2D eigenvalue weighted by molar-refractivity contribution is -0.274. The summed E-state index contributed by atoms with van der Waals surface area (Å²) in [4.78, 5) is 23.2. The highest BCUT2D eigenvalue weighted by Gasteiger charge is 2.52. The number of halogens is 3. The van der Waals surface area contributed by atoms with Gasteiger partial charge in [-0.15, -0.1) is 13.2 Å². The van der Waals surface area contributed by atoms with Crippen LogP contribution in [0.3, 0.4) is 0 Å². The van der Waals surface area contributed by atoms with Crippen LogP contribution >= 0.6 is 0 Å². The second kappa shape index (κ2) is 10.2. The molecular weight excluding hydrogens is 495 g/mol. The van der Waals surface area contributed by atoms with Crippen LogP contribution in [0, 0.1) is 11.8 Å². The van der Waals surface area contributed by atoms with Gasteiger partial charge in [0, 0.05) is 23.1 Å². The van der Waals surface area contributed by atoms with Crippen LogP contribution in [0.5, 0.6) is 5.75 Å². The van der Waals surface area contributed by atoms with E-state index in [2.05, 4.69) is 10.1 Å². The predicted molar refractivity (Wildman–Crippen MR) is 136 cm³/mol. The Morgan fingerprint density at radius 3 is 2.18 bits per heavy atom. The lowest BCUT2D eigenvalue weighted by Crippen LogP contribution is -2.34. The normalized spacial score (nSPS) is 22.3. The van der Waals surface area contributed by atoms with Crippen LogP contribution in [0.15, 0.2) is 72.8 Å². The second-order valence-electron chi connectivity index (χ2n) is 10.1. The molecule has 0 spiro atoms. The number of alkyl halides is 3. The predicted octanol–water partition coefficient (Wildman–Crippen LogP) is 6.56. The van der Waals surface area contributed by atoms with E-state index in [1.165, 1.54) is 18.6 Å². The van der Waals surface area contributed by atoms with E-state index in [0.717, 1.165) is 30.4 Å². The molecule has 0 heterocycles. The van der Waals surface area contributed by atoms with Crippen LogP contribution in [0.2, 0.25) is 0 Å². The van der Waals surface area contributed by atoms with Crippen LogP contribution < -0.4 is 10.1 Å². The third-order valence-corrected chi connectivity index (χ3v) is 7.96. The molecule has 3 aromatic carbocycles. The van der Waals surface area contributed by atoms with Crippen molar-refractivity contribution >= 4 is 11.9 Å². The Bertz CT molecular complexity index is 1320. The van der Waals surface area contributed by atoms with Crippen molar-refractivity contribution in [2.45, 2.75) is 43.9 Å². The Hall–Kier alpha value is -3.81. The average Bonchev–Trinajstić information content (AvgIpc) is 3.51. The molecule has 3 unspecified atom stereocenters. The quantitative estimate of drug-likeness (QED) is 0.351. The Labute approximate surface area is 218 Å². The van der Waals surface area contributed by atoms with Crippen LogP contribution in [0.1, 0.15) is 53.6 Å². The van der Waals surface area contributed by atoms with Crippen molar-refractivity contribution in [1.29, 1.82) is 0 Å². The number of carboxylic acid groups (broad SMARTS) is 1. The standard InChI is InChI=1S/C30H28F3NO4/c31-30(32,33)38-26-4-2-1-3-25(26)20-6-11-22(12-7-20)29(18-19-5-10-24(29)17-19)23-13-8-21(9-14-23)28(37)34-16-15-27(35)36/h1-4,6-9,11-14,19,24H,5,10,15-18H2,(H,34,37)(H,35,36). The number of carboxylic acids is 1. The van der Waals surface area contributed by atoms with Gasteiger partial charge in [-0.3, -0.25) is 9.59 Å². The van der Waals surface area contributed by atoms with E-state index in [1.54, 1.807) is 24.3 Å². The van der Waals surface area contributed by atoms with Gasteiger partial charge < -0.3 is 15.2 Å². The highest BCUT2D eigenvalue weighted by molar-refractivity contribution is 5.94. The maximum atomic E-state index is 12.9. The van der Waals surface area contributed by atoms with Crippen molar-refractivity contribution in [1.82, 2.24) is 5.32 Å². The number of rotatable bonds is 8. The lowest BCUT2D eigenvalue weighted by Gasteiger charge is -2.39. The molecule has 2 bridgehead atoms. The van der Waals surface area contributed by atoms with Crippen LogP contribution in [-0.2, 0) is 10.2 Å². The van der Waals surface area contributed by atoms with Gasteiger partial charge in [-0.2, -0.15) is 0 Å². The van der Waals surface area contributed by atoms with Crippen molar-refractivity contribution in [3.63, 3.8) is 0 Å². The summed E-state index contributed by atoms with van der Waals surface area (Å²) in [6.45, 7) is 0.0626. The molecule has 2 N–H and O–H groups in total. The Morgan fingerprint density at radius 2 is 1.61 bits per heavy atom. The molecule has 5 rings (SSSR count). The zero-order chi connectivity index (χ0) is 26.9. The molecule has 8 heteroatoms. The molecule has 5 nitrogen and oxygen atoms in total. The lowest BCUT2D eigenvalue weighted by atomic mass is 9.64. The summed E-state index contributed by atoms with van der Waals surface area (Å²) < 4.78 is 43.0. The Kier molecular flexibility index (Phi) is 6.90. The highest BCUT2D eigenvalue weighted by Crippen LogP contribution is 2.60. The summed E-state index contributed by atoms with van der Waals surface area (Å²) in [7, 11) is 0. The molecule has 0 saturated heterocycles. The molecule has 198 valence electrons. The SMILES string of the molecule is O=C(O)CCNC(=O)c1ccc(C2(c3ccc(-c4ccccc4OC(F)(F)F)cc3)CC3CCC2C3)cc1. The van der Waals surface area contributed by atoms with Gasteiger partial charge in [0.2, 0.25) is 0 Å². The third-order valence-electron chi connectivity index (χ3n) is 7.96. The monoisotopic (exact) mass is 523 g/mol. The first-order chi connectivity index (χ1) is 18.2. The summed E-state index contributed by atoms with van der Waals surface area (Å²) in [5.74, 6) is -0.473. The zero-order valence-corrected chi connectivity index (χ0v) is 20.6. The molecule has 2 saturated carbocycles. The van der Waals surface area contributed by atoms with Gasteiger partial charge in [0.1, 0.15) is 5.75 Å². The van der Waals surface area contributed by atoms with E-state index in [9.17, 15) is 22.8 Å². The number of nitrogens with one attached hydrogen (secondary N) is 1. The van der Waals surface area contributed by atoms with Crippen molar-refractivity contribution < 1.29 is 32.6 Å². The number of aliphatic carboxylic acids is 1. The highest BCUT2D eigenvalue weighted by atomic mass is 19.4. The molecule has 3 aromatic rings. The fraction of sp³-hybridized carbons (Fsp3) is 0.333. The first kappa shape index (κ1) is 25.8. The van der Waals surface area contributed by atoms with E-state index >= 15 is 0 Å². The zero-order valence-electron chi connectivity index (χ0n) is 20.6. The number of hydrogen-bond acceptors (Lipinski definition) is 3. The third kappa shape index (κ3) is 5.12. The Balaban J connectivity index is 1.44. The molecule has 2 fully saturated rings. The van der Waals surface area contributed by atoms with Gasteiger partial charge in [-0.05, 0) is 66.0 Å². The Morgan fingerprint density at radius 1 is 0.947 bits per heavy atom. The number of benzene rings is 3. The molecule has 1 amide bonds. The summed E-state index contributed by atoms with van der Waals surface area (Å²) in [6, 6.07) is 21.4. The van der Waals surface area contributed by atoms with E-state index in [-0.39, 0.29) is 30.0 Å². The van der Waals surface area contributed by atoms with E-state index in [0.29, 0.717) is 28.5 Å². The molecule has 2 aliphatic rings. The maximum Gasteiger partial charge on any atom is 0.573 e. The number of ether oxygens (including phenoxy) is 1. The topological polar surface area (TPSA) is 75.6 Å². The molecule has 0 aromatic heterocycles. The van der Waals surface area contributed by atoms with Gasteiger partial charge in [0.05, 0.1) is 6.42 Å². The van der Waals surface area contributed by atoms with E-state index < -0.39 is 12.3 Å². The molecule has 0 aliphatic heterocycles. The first-order valence-corrected chi connectivity index (χ1v) is 12.7. The number of amides is 1. The van der Waals surface area contributed by atoms with Gasteiger partial charge in [-0.1, -0.05) is 61.0 Å². The van der Waals surface area contributed by atoms with Crippen molar-refractivity contribution in [2.24, 2.45) is 11.8 Å². The minimum absolute atomic E-state index is 0.0626. The molecule has 0 radical (unpaired) electrons. The van der Waals surface area contributed by atoms with Gasteiger partial charge in [-0.25, -0.2) is 0 Å². The summed E-state index contributed by atoms with van der Waals surface area (Å²) in [6.07, 6.45) is -0.513. The first-order valence-electron chi connectivity index (χ1n) is 12.7. The number of hydrogen-bond donors (Lipinski definition) is 2. The molecule has 2 aliphatic carbocycles. The minimum Gasteiger partial charge on any atom is -0.481 e. The number of fused-ring (bicyclic) bond motifs is 2. The molecular formula is C30H28F3NO4. The van der Waals surface area contributed by atoms with Crippen molar-refractivity contribution in [3.8, 4) is 16.9 Å². The number of carbonyl (C=O) groups is 2. The second-order valence-corrected chi connectivity index (χ2v) is 10.1. The molecule has 38 heavy (non-hydrogen) atoms. The minimum atomic E-state index is -4.78. The fourth-order valence-electron chi connectivity index (χ4n) is 6.37. The van der Waals surface area contributed by atoms with Crippen LogP contribution in [0.4, 0.5) is 13.2 Å². The average molecular weight is 524 g/mol. The largest absolute Gasteiger partial charge is 0.573 e. The van der Waals surface area contributed by atoms with Gasteiger partial charge in [0.15, 0.2) is 0 Å². The van der Waals surface area contributed by atoms with E-state index in [1.807, 2.05) is 36.4 Å². The summed E-state index contributed by atoms with van der Waals surface area (Å²) in [5, 5.41) is 11.4. The van der Waals surface area contributed by atoms with Gasteiger partial charge in [0.25, 0.3) is 5.91 Å². The summed E-state index contributed by atoms with van der Waals surface area (Å²) in [5.41, 5.74) is 3.47. The van der Waals surface area contributed by atoms with Crippen LogP contribution in [0.25, 0.3) is 11.1 Å². The summed E-state index contributed by atoms with van der Waals surface area (Å²) >= 11 is 0. The number of para-hydroxylation sites is 1. The van der Waals surface area contributed by atoms with Crippen LogP contribution in [-0.4, -0.2) is 29.9 Å². The van der Waals surface area contributed by atoms with Crippen molar-refractivity contribution in [2.75, 3.05) is 6.54 Å². The number of carbonyl (C=O) groups excluding carboxylic acids is 1. The smallest absolute Gasteiger partial charge is 0.481 e. The van der Waals surface area contributed by atoms with Crippen molar-refractivity contribution in [3.05, 3.63) is 89.5 Å². The maximum absolute atomic E-state index is 12.9. The molecule has 3 atom stereocenters. The van der Waals surface area contributed by atoms with Gasteiger partial charge >= 0.3 is 12.3 Å². The van der Waals surface area contributed by atoms with E-state index in [4.69, 9.17) is 5.11 Å².